The number of ketones is 1. The van der Waals surface area contributed by atoms with Crippen molar-refractivity contribution in [3.63, 3.8) is 0 Å². The van der Waals surface area contributed by atoms with Gasteiger partial charge >= 0.3 is 0 Å². The Morgan fingerprint density at radius 2 is 1.30 bits per heavy atom. The summed E-state index contributed by atoms with van der Waals surface area (Å²) in [6.45, 7) is 1.70. The van der Waals surface area contributed by atoms with Crippen LogP contribution in [0.15, 0.2) is 60.7 Å². The van der Waals surface area contributed by atoms with Gasteiger partial charge in [0.2, 0.25) is 0 Å². The van der Waals surface area contributed by atoms with E-state index in [2.05, 4.69) is 0 Å². The fourth-order valence-corrected chi connectivity index (χ4v) is 2.78. The molecule has 0 aliphatic carbocycles. The summed E-state index contributed by atoms with van der Waals surface area (Å²) in [5, 5.41) is 0. The van der Waals surface area contributed by atoms with E-state index in [-0.39, 0.29) is 36.1 Å². The minimum atomic E-state index is -0.652. The van der Waals surface area contributed by atoms with Crippen molar-refractivity contribution in [2.75, 3.05) is 14.2 Å². The monoisotopic (exact) mass is 410 g/mol. The Labute approximate surface area is 175 Å². The van der Waals surface area contributed by atoms with Gasteiger partial charge in [-0.1, -0.05) is 24.3 Å². The molecule has 30 heavy (non-hydrogen) atoms. The summed E-state index contributed by atoms with van der Waals surface area (Å²) < 4.78 is 36.5. The van der Waals surface area contributed by atoms with E-state index in [4.69, 9.17) is 18.9 Å². The van der Waals surface area contributed by atoms with E-state index in [1.165, 1.54) is 13.0 Å². The van der Waals surface area contributed by atoms with Gasteiger partial charge in [-0.25, -0.2) is 4.39 Å². The summed E-state index contributed by atoms with van der Waals surface area (Å²) in [5.74, 6) is 0.672. The van der Waals surface area contributed by atoms with Crippen LogP contribution in [0.25, 0.3) is 0 Å². The number of Topliss-reactive ketones (excluding diaryl/α,β-unsaturated/α-hetero) is 1. The molecule has 0 amide bonds. The number of ether oxygens (including phenoxy) is 4. The number of benzene rings is 3. The van der Waals surface area contributed by atoms with Gasteiger partial charge in [-0.05, 0) is 54.4 Å². The van der Waals surface area contributed by atoms with Crippen molar-refractivity contribution >= 4 is 5.78 Å². The fraction of sp³-hybridized carbons (Fsp3) is 0.208. The molecule has 0 radical (unpaired) electrons. The second-order valence-corrected chi connectivity index (χ2v) is 6.62. The molecule has 0 heterocycles. The van der Waals surface area contributed by atoms with Crippen LogP contribution in [0.3, 0.4) is 0 Å². The van der Waals surface area contributed by atoms with Crippen molar-refractivity contribution in [2.24, 2.45) is 0 Å². The van der Waals surface area contributed by atoms with Gasteiger partial charge in [0.05, 0.1) is 14.2 Å². The van der Waals surface area contributed by atoms with Crippen LogP contribution < -0.4 is 18.9 Å². The van der Waals surface area contributed by atoms with Gasteiger partial charge in [0, 0.05) is 5.56 Å². The third-order valence-electron chi connectivity index (χ3n) is 4.51. The summed E-state index contributed by atoms with van der Waals surface area (Å²) in [6, 6.07) is 17.2. The quantitative estimate of drug-likeness (QED) is 0.454. The Balaban J connectivity index is 1.80. The van der Waals surface area contributed by atoms with Crippen molar-refractivity contribution < 1.29 is 28.1 Å². The number of hydrogen-bond donors (Lipinski definition) is 0. The summed E-state index contributed by atoms with van der Waals surface area (Å²) in [6.07, 6.45) is 0. The Kier molecular flexibility index (Phi) is 6.91. The maximum absolute atomic E-state index is 14.7. The predicted octanol–water partition coefficient (Wildman–Crippen LogP) is 5.20. The number of hydrogen-bond acceptors (Lipinski definition) is 5. The first-order valence-electron chi connectivity index (χ1n) is 9.36. The van der Waals surface area contributed by atoms with E-state index in [1.807, 2.05) is 36.4 Å². The van der Waals surface area contributed by atoms with E-state index >= 15 is 0 Å². The number of halogens is 1. The molecule has 0 saturated carbocycles. The molecule has 3 aromatic carbocycles. The summed E-state index contributed by atoms with van der Waals surface area (Å²) in [5.41, 5.74) is 1.92. The zero-order chi connectivity index (χ0) is 21.5. The minimum absolute atomic E-state index is 0.0377. The molecule has 0 saturated heterocycles. The standard InChI is InChI=1S/C24H23FO5/c1-16(26)19-12-22(25)24(30-15-18-6-10-21(28-3)11-7-18)23(13-19)29-14-17-4-8-20(27-2)9-5-17/h4-13H,14-15H2,1-3H3. The maximum atomic E-state index is 14.7. The smallest absolute Gasteiger partial charge is 0.197 e. The first-order valence-corrected chi connectivity index (χ1v) is 9.36. The van der Waals surface area contributed by atoms with Crippen molar-refractivity contribution in [2.45, 2.75) is 20.1 Å². The highest BCUT2D eigenvalue weighted by molar-refractivity contribution is 5.94. The molecule has 6 heteroatoms. The zero-order valence-corrected chi connectivity index (χ0v) is 17.1. The van der Waals surface area contributed by atoms with Crippen molar-refractivity contribution in [3.8, 4) is 23.0 Å². The number of rotatable bonds is 9. The van der Waals surface area contributed by atoms with Crippen molar-refractivity contribution in [3.05, 3.63) is 83.2 Å². The van der Waals surface area contributed by atoms with Gasteiger partial charge < -0.3 is 18.9 Å². The fourth-order valence-electron chi connectivity index (χ4n) is 2.78. The van der Waals surface area contributed by atoms with Gasteiger partial charge in [0.1, 0.15) is 24.7 Å². The second-order valence-electron chi connectivity index (χ2n) is 6.62. The van der Waals surface area contributed by atoms with Crippen LogP contribution in [0, 0.1) is 5.82 Å². The number of methoxy groups -OCH3 is 2. The molecule has 0 aliphatic rings. The third-order valence-corrected chi connectivity index (χ3v) is 4.51. The Morgan fingerprint density at radius 3 is 1.77 bits per heavy atom. The summed E-state index contributed by atoms with van der Waals surface area (Å²) in [7, 11) is 3.18. The molecular formula is C24H23FO5. The van der Waals surface area contributed by atoms with Gasteiger partial charge in [-0.3, -0.25) is 4.79 Å². The molecule has 3 aromatic rings. The highest BCUT2D eigenvalue weighted by Crippen LogP contribution is 2.34. The van der Waals surface area contributed by atoms with E-state index < -0.39 is 5.82 Å². The highest BCUT2D eigenvalue weighted by Gasteiger charge is 2.16. The van der Waals surface area contributed by atoms with E-state index in [1.54, 1.807) is 26.4 Å². The lowest BCUT2D eigenvalue weighted by atomic mass is 10.1. The molecule has 0 aromatic heterocycles. The van der Waals surface area contributed by atoms with E-state index in [0.29, 0.717) is 0 Å². The Bertz CT molecular complexity index is 997. The van der Waals surface area contributed by atoms with Crippen molar-refractivity contribution in [1.82, 2.24) is 0 Å². The van der Waals surface area contributed by atoms with Gasteiger partial charge in [-0.15, -0.1) is 0 Å². The average molecular weight is 410 g/mol. The summed E-state index contributed by atoms with van der Waals surface area (Å²) >= 11 is 0. The molecule has 5 nitrogen and oxygen atoms in total. The van der Waals surface area contributed by atoms with Gasteiger partial charge in [-0.2, -0.15) is 0 Å². The van der Waals surface area contributed by atoms with Gasteiger partial charge in [0.15, 0.2) is 23.1 Å². The number of carbonyl (C=O) groups excluding carboxylic acids is 1. The Hall–Kier alpha value is -3.54. The van der Waals surface area contributed by atoms with Crippen LogP contribution in [0.4, 0.5) is 4.39 Å². The molecule has 0 N–H and O–H groups in total. The third kappa shape index (κ3) is 5.29. The maximum Gasteiger partial charge on any atom is 0.197 e. The molecule has 0 spiro atoms. The second kappa shape index (κ2) is 9.78. The molecular weight excluding hydrogens is 387 g/mol. The minimum Gasteiger partial charge on any atom is -0.497 e. The lowest BCUT2D eigenvalue weighted by Gasteiger charge is -2.15. The predicted molar refractivity (Wildman–Crippen MR) is 111 cm³/mol. The number of carbonyl (C=O) groups is 1. The largest absolute Gasteiger partial charge is 0.497 e. The molecule has 0 bridgehead atoms. The highest BCUT2D eigenvalue weighted by atomic mass is 19.1. The first kappa shape index (κ1) is 21.2. The molecule has 3 rings (SSSR count). The SMILES string of the molecule is COc1ccc(COc2cc(C(C)=O)cc(F)c2OCc2ccc(OC)cc2)cc1. The van der Waals surface area contributed by atoms with Crippen LogP contribution in [-0.4, -0.2) is 20.0 Å². The molecule has 156 valence electrons. The van der Waals surface area contributed by atoms with E-state index in [9.17, 15) is 9.18 Å². The molecule has 0 aliphatic heterocycles. The topological polar surface area (TPSA) is 54.0 Å². The lowest BCUT2D eigenvalue weighted by molar-refractivity contribution is 0.101. The first-order chi connectivity index (χ1) is 14.5. The zero-order valence-electron chi connectivity index (χ0n) is 17.1. The van der Waals surface area contributed by atoms with Crippen molar-refractivity contribution in [1.29, 1.82) is 0 Å². The summed E-state index contributed by atoms with van der Waals surface area (Å²) in [4.78, 5) is 11.8. The average Bonchev–Trinajstić information content (AvgIpc) is 2.77. The molecule has 0 atom stereocenters. The Morgan fingerprint density at radius 1 is 0.800 bits per heavy atom. The van der Waals surface area contributed by atoms with Crippen LogP contribution in [-0.2, 0) is 13.2 Å². The van der Waals surface area contributed by atoms with Crippen LogP contribution in [0.2, 0.25) is 0 Å². The van der Waals surface area contributed by atoms with E-state index in [0.717, 1.165) is 28.7 Å². The van der Waals surface area contributed by atoms with Crippen LogP contribution in [0.1, 0.15) is 28.4 Å². The lowest BCUT2D eigenvalue weighted by Crippen LogP contribution is -2.05. The van der Waals surface area contributed by atoms with Crippen LogP contribution in [0.5, 0.6) is 23.0 Å². The van der Waals surface area contributed by atoms with Crippen LogP contribution >= 0.6 is 0 Å². The normalized spacial score (nSPS) is 10.4. The molecule has 0 fully saturated rings. The van der Waals surface area contributed by atoms with Gasteiger partial charge in [0.25, 0.3) is 0 Å². The molecule has 0 unspecified atom stereocenters.